The van der Waals surface area contributed by atoms with E-state index in [1.807, 2.05) is 0 Å². The summed E-state index contributed by atoms with van der Waals surface area (Å²) in [6.45, 7) is 1.81. The van der Waals surface area contributed by atoms with Crippen molar-refractivity contribution in [1.29, 1.82) is 0 Å². The van der Waals surface area contributed by atoms with Gasteiger partial charge in [-0.2, -0.15) is 5.10 Å². The van der Waals surface area contributed by atoms with Gasteiger partial charge in [0.05, 0.1) is 34.8 Å². The van der Waals surface area contributed by atoms with Gasteiger partial charge in [-0.1, -0.05) is 0 Å². The highest BCUT2D eigenvalue weighted by molar-refractivity contribution is 5.94. The van der Waals surface area contributed by atoms with Crippen molar-refractivity contribution < 1.29 is 24.1 Å². The van der Waals surface area contributed by atoms with E-state index < -0.39 is 27.1 Å². The molecule has 1 aromatic heterocycles. The Bertz CT molecular complexity index is 1240. The van der Waals surface area contributed by atoms with Crippen molar-refractivity contribution in [3.63, 3.8) is 0 Å². The number of methoxy groups -OCH3 is 1. The zero-order chi connectivity index (χ0) is 24.0. The van der Waals surface area contributed by atoms with Crippen molar-refractivity contribution in [2.45, 2.75) is 6.92 Å². The maximum Gasteiger partial charge on any atom is 0.318 e. The van der Waals surface area contributed by atoms with Crippen LogP contribution in [0.15, 0.2) is 59.8 Å². The van der Waals surface area contributed by atoms with Crippen molar-refractivity contribution >= 4 is 23.5 Å². The van der Waals surface area contributed by atoms with Crippen LogP contribution in [-0.4, -0.2) is 34.1 Å². The van der Waals surface area contributed by atoms with Gasteiger partial charge in [0, 0.05) is 18.0 Å². The molecule has 0 bridgehead atoms. The molecule has 1 heterocycles. The average molecular weight is 451 g/mol. The first-order valence-corrected chi connectivity index (χ1v) is 9.33. The summed E-state index contributed by atoms with van der Waals surface area (Å²) >= 11 is 0. The molecule has 0 saturated carbocycles. The number of aromatic nitrogens is 1. The largest absolute Gasteiger partial charge is 0.493 e. The smallest absolute Gasteiger partial charge is 0.318 e. The third-order valence-electron chi connectivity index (χ3n) is 4.31. The molecule has 0 aliphatic heterocycles. The summed E-state index contributed by atoms with van der Waals surface area (Å²) in [5.41, 5.74) is 3.06. The topological polar surface area (TPSA) is 159 Å². The van der Waals surface area contributed by atoms with E-state index in [4.69, 9.17) is 9.47 Å². The van der Waals surface area contributed by atoms with Gasteiger partial charge < -0.3 is 9.47 Å². The summed E-state index contributed by atoms with van der Waals surface area (Å²) in [5, 5.41) is 26.1. The van der Waals surface area contributed by atoms with Gasteiger partial charge in [-0.25, -0.2) is 5.43 Å². The van der Waals surface area contributed by atoms with E-state index in [-0.39, 0.29) is 17.2 Å². The molecule has 0 radical (unpaired) electrons. The fraction of sp³-hybridized carbons (Fsp3) is 0.0952. The monoisotopic (exact) mass is 451 g/mol. The number of hydrogen-bond acceptors (Lipinski definition) is 9. The highest BCUT2D eigenvalue weighted by Crippen LogP contribution is 2.38. The molecule has 3 rings (SSSR count). The van der Waals surface area contributed by atoms with Gasteiger partial charge in [0.2, 0.25) is 5.75 Å². The molecule has 0 aliphatic carbocycles. The predicted octanol–water partition coefficient (Wildman–Crippen LogP) is 3.77. The number of carbonyl (C=O) groups is 1. The number of aryl methyl sites for hydroxylation is 1. The number of benzene rings is 2. The molecule has 0 atom stereocenters. The number of nitro groups is 2. The number of nitrogens with zero attached hydrogens (tertiary/aromatic N) is 4. The van der Waals surface area contributed by atoms with Crippen LogP contribution in [0.1, 0.15) is 21.6 Å². The molecule has 0 spiro atoms. The van der Waals surface area contributed by atoms with Gasteiger partial charge in [0.1, 0.15) is 0 Å². The fourth-order valence-electron chi connectivity index (χ4n) is 2.65. The zero-order valence-corrected chi connectivity index (χ0v) is 17.4. The minimum atomic E-state index is -0.776. The fourth-order valence-corrected chi connectivity index (χ4v) is 2.65. The Hall–Kier alpha value is -4.87. The molecular formula is C21H17N5O7. The maximum absolute atomic E-state index is 12.1. The molecule has 2 aromatic carbocycles. The number of rotatable bonds is 8. The number of non-ortho nitro benzene ring substituents is 1. The molecule has 1 amide bonds. The Balaban J connectivity index is 1.77. The molecule has 0 aliphatic rings. The van der Waals surface area contributed by atoms with E-state index in [9.17, 15) is 25.0 Å². The van der Waals surface area contributed by atoms with Gasteiger partial charge in [0.25, 0.3) is 11.6 Å². The molecule has 33 heavy (non-hydrogen) atoms. The summed E-state index contributed by atoms with van der Waals surface area (Å²) in [6.07, 6.45) is 2.81. The number of pyridine rings is 1. The predicted molar refractivity (Wildman–Crippen MR) is 117 cm³/mol. The summed E-state index contributed by atoms with van der Waals surface area (Å²) < 4.78 is 10.9. The van der Waals surface area contributed by atoms with Crippen LogP contribution in [-0.2, 0) is 0 Å². The van der Waals surface area contributed by atoms with Crippen LogP contribution in [0.2, 0.25) is 0 Å². The number of hydrogen-bond donors (Lipinski definition) is 1. The van der Waals surface area contributed by atoms with Crippen LogP contribution in [0.3, 0.4) is 0 Å². The molecule has 168 valence electrons. The van der Waals surface area contributed by atoms with E-state index in [0.29, 0.717) is 11.1 Å². The third-order valence-corrected chi connectivity index (χ3v) is 4.31. The molecule has 12 heteroatoms. The van der Waals surface area contributed by atoms with Crippen LogP contribution >= 0.6 is 0 Å². The second-order valence-corrected chi connectivity index (χ2v) is 6.57. The van der Waals surface area contributed by atoms with E-state index in [1.165, 1.54) is 31.7 Å². The number of hydrazone groups is 1. The number of carbonyl (C=O) groups excluding carboxylic acids is 1. The lowest BCUT2D eigenvalue weighted by molar-refractivity contribution is -0.394. The van der Waals surface area contributed by atoms with Gasteiger partial charge in [-0.3, -0.25) is 30.0 Å². The number of nitrogens with one attached hydrogen (secondary N) is 1. The van der Waals surface area contributed by atoms with Gasteiger partial charge in [0.15, 0.2) is 11.5 Å². The van der Waals surface area contributed by atoms with Crippen LogP contribution in [0.5, 0.6) is 17.2 Å². The quantitative estimate of drug-likeness (QED) is 0.308. The summed E-state index contributed by atoms with van der Waals surface area (Å²) in [7, 11) is 1.37. The minimum absolute atomic E-state index is 0.140. The van der Waals surface area contributed by atoms with Crippen LogP contribution in [0.25, 0.3) is 0 Å². The Morgan fingerprint density at radius 3 is 2.42 bits per heavy atom. The van der Waals surface area contributed by atoms with E-state index in [1.54, 1.807) is 25.1 Å². The van der Waals surface area contributed by atoms with Crippen molar-refractivity contribution in [3.8, 4) is 17.2 Å². The minimum Gasteiger partial charge on any atom is -0.493 e. The molecule has 0 unspecified atom stereocenters. The summed E-state index contributed by atoms with van der Waals surface area (Å²) in [6, 6.07) is 11.0. The first-order chi connectivity index (χ1) is 15.8. The normalized spacial score (nSPS) is 10.6. The first-order valence-electron chi connectivity index (χ1n) is 9.33. The highest BCUT2D eigenvalue weighted by atomic mass is 16.6. The van der Waals surface area contributed by atoms with Gasteiger partial charge in [-0.15, -0.1) is 0 Å². The van der Waals surface area contributed by atoms with E-state index >= 15 is 0 Å². The van der Waals surface area contributed by atoms with Gasteiger partial charge in [-0.05, 0) is 48.9 Å². The lowest BCUT2D eigenvalue weighted by atomic mass is 10.2. The van der Waals surface area contributed by atoms with E-state index in [2.05, 4.69) is 15.5 Å². The Labute approximate surface area is 186 Å². The van der Waals surface area contributed by atoms with Crippen LogP contribution in [0, 0.1) is 27.2 Å². The number of nitro benzene ring substituents is 2. The first kappa shape index (κ1) is 22.8. The average Bonchev–Trinajstić information content (AvgIpc) is 2.80. The molecule has 1 N–H and O–H groups in total. The van der Waals surface area contributed by atoms with E-state index in [0.717, 1.165) is 23.9 Å². The molecule has 12 nitrogen and oxygen atoms in total. The lowest BCUT2D eigenvalue weighted by Gasteiger charge is -2.11. The van der Waals surface area contributed by atoms with Crippen LogP contribution in [0.4, 0.5) is 11.4 Å². The van der Waals surface area contributed by atoms with Crippen LogP contribution < -0.4 is 14.9 Å². The lowest BCUT2D eigenvalue weighted by Crippen LogP contribution is -2.17. The second-order valence-electron chi connectivity index (χ2n) is 6.57. The van der Waals surface area contributed by atoms with Crippen molar-refractivity contribution in [2.24, 2.45) is 5.10 Å². The second kappa shape index (κ2) is 9.96. The molecule has 0 saturated heterocycles. The SMILES string of the molecule is COc1cc(/C=N/NC(=O)c2ccc(C)nc2)ccc1Oc1ccc([N+](=O)[O-])cc1[N+](=O)[O-]. The summed E-state index contributed by atoms with van der Waals surface area (Å²) in [4.78, 5) is 36.8. The Morgan fingerprint density at radius 1 is 1.03 bits per heavy atom. The Morgan fingerprint density at radius 2 is 1.79 bits per heavy atom. The third kappa shape index (κ3) is 5.64. The maximum atomic E-state index is 12.1. The number of amides is 1. The standard InChI is InChI=1S/C21H17N5O7/c1-13-3-5-15(12-22-13)21(27)24-23-11-14-4-7-19(20(9-14)32-2)33-18-8-6-16(25(28)29)10-17(18)26(30)31/h3-12H,1-2H3,(H,24,27)/b23-11+. The molecule has 0 fully saturated rings. The van der Waals surface area contributed by atoms with Crippen molar-refractivity contribution in [1.82, 2.24) is 10.4 Å². The number of ether oxygens (including phenoxy) is 2. The van der Waals surface area contributed by atoms with Crippen molar-refractivity contribution in [3.05, 3.63) is 91.8 Å². The van der Waals surface area contributed by atoms with Gasteiger partial charge >= 0.3 is 5.69 Å². The zero-order valence-electron chi connectivity index (χ0n) is 17.4. The highest BCUT2D eigenvalue weighted by Gasteiger charge is 2.22. The summed E-state index contributed by atoms with van der Waals surface area (Å²) in [5.74, 6) is -0.262. The Kier molecular flexibility index (Phi) is 6.88. The molecular weight excluding hydrogens is 434 g/mol. The molecule has 3 aromatic rings. The van der Waals surface area contributed by atoms with Crippen molar-refractivity contribution in [2.75, 3.05) is 7.11 Å².